The van der Waals surface area contributed by atoms with Gasteiger partial charge < -0.3 is 10.2 Å². The molecule has 1 aliphatic carbocycles. The molecule has 1 fully saturated rings. The molecule has 1 unspecified atom stereocenters. The smallest absolute Gasteiger partial charge is 0.136 e. The van der Waals surface area contributed by atoms with E-state index in [4.69, 9.17) is 10.2 Å². The first-order chi connectivity index (χ1) is 8.65. The van der Waals surface area contributed by atoms with Crippen molar-refractivity contribution in [2.45, 2.75) is 51.1 Å². The summed E-state index contributed by atoms with van der Waals surface area (Å²) in [6.07, 6.45) is 6.58. The van der Waals surface area contributed by atoms with Gasteiger partial charge in [-0.2, -0.15) is 0 Å². The monoisotopic (exact) mass is 314 g/mol. The lowest BCUT2D eigenvalue weighted by atomic mass is 9.85. The van der Waals surface area contributed by atoms with Crippen LogP contribution in [0.5, 0.6) is 0 Å². The summed E-state index contributed by atoms with van der Waals surface area (Å²) in [6.45, 7) is 6.52. The predicted molar refractivity (Wildman–Crippen MR) is 77.5 cm³/mol. The van der Waals surface area contributed by atoms with Gasteiger partial charge in [-0.3, -0.25) is 4.90 Å². The molecule has 0 spiro atoms. The van der Waals surface area contributed by atoms with E-state index in [-0.39, 0.29) is 11.6 Å². The fourth-order valence-corrected chi connectivity index (χ4v) is 3.88. The Bertz CT molecular complexity index is 381. The number of halogens is 1. The van der Waals surface area contributed by atoms with Crippen molar-refractivity contribution in [1.82, 2.24) is 4.90 Å². The van der Waals surface area contributed by atoms with E-state index in [0.29, 0.717) is 0 Å². The Labute approximate surface area is 118 Å². The van der Waals surface area contributed by atoms with Gasteiger partial charge in [-0.05, 0) is 47.9 Å². The van der Waals surface area contributed by atoms with Crippen LogP contribution >= 0.6 is 15.9 Å². The van der Waals surface area contributed by atoms with Crippen molar-refractivity contribution in [3.8, 4) is 0 Å². The van der Waals surface area contributed by atoms with Gasteiger partial charge in [0, 0.05) is 5.54 Å². The van der Waals surface area contributed by atoms with Gasteiger partial charge in [0.15, 0.2) is 0 Å². The Morgan fingerprint density at radius 3 is 2.44 bits per heavy atom. The maximum Gasteiger partial charge on any atom is 0.136 e. The van der Waals surface area contributed by atoms with Crippen LogP contribution < -0.4 is 5.73 Å². The number of likely N-dealkylation sites (N-methyl/N-ethyl adjacent to an activating group) is 1. The second-order valence-electron chi connectivity index (χ2n) is 5.09. The van der Waals surface area contributed by atoms with Crippen LogP contribution in [0.15, 0.2) is 21.2 Å². The van der Waals surface area contributed by atoms with E-state index in [1.807, 2.05) is 6.07 Å². The Morgan fingerprint density at radius 1 is 1.39 bits per heavy atom. The zero-order valence-corrected chi connectivity index (χ0v) is 12.9. The molecular formula is C14H23BrN2O. The molecule has 0 aromatic carbocycles. The Hall–Kier alpha value is -0.320. The third kappa shape index (κ3) is 2.26. The van der Waals surface area contributed by atoms with Gasteiger partial charge in [-0.15, -0.1) is 0 Å². The van der Waals surface area contributed by atoms with Crippen molar-refractivity contribution >= 4 is 15.9 Å². The van der Waals surface area contributed by atoms with Gasteiger partial charge >= 0.3 is 0 Å². The Balaban J connectivity index is 2.33. The Morgan fingerprint density at radius 2 is 2.00 bits per heavy atom. The summed E-state index contributed by atoms with van der Waals surface area (Å²) in [5, 5.41) is 0. The van der Waals surface area contributed by atoms with Crippen molar-refractivity contribution in [3.63, 3.8) is 0 Å². The number of nitrogens with zero attached hydrogens (tertiary/aromatic N) is 1. The first-order valence-corrected chi connectivity index (χ1v) is 7.68. The molecule has 0 radical (unpaired) electrons. The molecule has 4 heteroatoms. The van der Waals surface area contributed by atoms with Crippen molar-refractivity contribution in [2.24, 2.45) is 5.73 Å². The number of furan rings is 1. The highest BCUT2D eigenvalue weighted by molar-refractivity contribution is 9.10. The summed E-state index contributed by atoms with van der Waals surface area (Å²) in [5.41, 5.74) is 6.64. The van der Waals surface area contributed by atoms with Crippen LogP contribution in [0.25, 0.3) is 0 Å². The molecule has 1 saturated carbocycles. The van der Waals surface area contributed by atoms with Crippen molar-refractivity contribution < 1.29 is 4.42 Å². The second kappa shape index (κ2) is 5.76. The lowest BCUT2D eigenvalue weighted by Crippen LogP contribution is -2.53. The van der Waals surface area contributed by atoms with Crippen LogP contribution in [0.3, 0.4) is 0 Å². The van der Waals surface area contributed by atoms with E-state index in [0.717, 1.165) is 23.3 Å². The first-order valence-electron chi connectivity index (χ1n) is 6.89. The van der Waals surface area contributed by atoms with Gasteiger partial charge in [0.25, 0.3) is 0 Å². The molecule has 102 valence electrons. The van der Waals surface area contributed by atoms with E-state index in [1.54, 1.807) is 6.26 Å². The van der Waals surface area contributed by atoms with Crippen molar-refractivity contribution in [2.75, 3.05) is 13.1 Å². The van der Waals surface area contributed by atoms with E-state index >= 15 is 0 Å². The fourth-order valence-electron chi connectivity index (χ4n) is 3.44. The molecule has 0 aliphatic heterocycles. The van der Waals surface area contributed by atoms with Gasteiger partial charge in [0.1, 0.15) is 5.76 Å². The number of hydrogen-bond acceptors (Lipinski definition) is 3. The first kappa shape index (κ1) is 14.1. The topological polar surface area (TPSA) is 42.4 Å². The molecule has 2 N–H and O–H groups in total. The highest BCUT2D eigenvalue weighted by atomic mass is 79.9. The lowest BCUT2D eigenvalue weighted by Gasteiger charge is -2.44. The molecule has 0 bridgehead atoms. The van der Waals surface area contributed by atoms with E-state index in [9.17, 15) is 0 Å². The molecule has 1 aromatic rings. The molecule has 1 atom stereocenters. The SMILES string of the molecule is CCN(CC)C1(C(N)c2occc2Br)CCCC1. The standard InChI is InChI=1S/C14H23BrN2O/c1-3-17(4-2)14(8-5-6-9-14)13(16)12-11(15)7-10-18-12/h7,10,13H,3-6,8-9,16H2,1-2H3. The summed E-state index contributed by atoms with van der Waals surface area (Å²) < 4.78 is 6.60. The fraction of sp³-hybridized carbons (Fsp3) is 0.714. The van der Waals surface area contributed by atoms with Crippen molar-refractivity contribution in [1.29, 1.82) is 0 Å². The molecule has 0 saturated heterocycles. The highest BCUT2D eigenvalue weighted by Gasteiger charge is 2.45. The molecule has 1 heterocycles. The zero-order valence-electron chi connectivity index (χ0n) is 11.3. The average molecular weight is 315 g/mol. The van der Waals surface area contributed by atoms with E-state index < -0.39 is 0 Å². The molecule has 2 rings (SSSR count). The predicted octanol–water partition coefficient (Wildman–Crippen LogP) is 3.70. The normalized spacial score (nSPS) is 20.5. The maximum atomic E-state index is 6.57. The van der Waals surface area contributed by atoms with Gasteiger partial charge in [0.05, 0.1) is 16.8 Å². The van der Waals surface area contributed by atoms with Crippen LogP contribution in [-0.4, -0.2) is 23.5 Å². The minimum atomic E-state index is -0.0516. The molecule has 1 aromatic heterocycles. The summed E-state index contributed by atoms with van der Waals surface area (Å²) in [5.74, 6) is 0.892. The van der Waals surface area contributed by atoms with Crippen LogP contribution in [0.2, 0.25) is 0 Å². The second-order valence-corrected chi connectivity index (χ2v) is 5.95. The quantitative estimate of drug-likeness (QED) is 0.901. The lowest BCUT2D eigenvalue weighted by molar-refractivity contribution is 0.0691. The molecule has 1 aliphatic rings. The number of nitrogens with two attached hydrogens (primary N) is 1. The van der Waals surface area contributed by atoms with Crippen LogP contribution in [-0.2, 0) is 0 Å². The average Bonchev–Trinajstić information content (AvgIpc) is 3.00. The van der Waals surface area contributed by atoms with E-state index in [1.165, 1.54) is 25.7 Å². The molecular weight excluding hydrogens is 292 g/mol. The Kier molecular flexibility index (Phi) is 4.51. The van der Waals surface area contributed by atoms with Crippen LogP contribution in [0.1, 0.15) is 51.3 Å². The molecule has 0 amide bonds. The third-order valence-electron chi connectivity index (χ3n) is 4.37. The van der Waals surface area contributed by atoms with Crippen molar-refractivity contribution in [3.05, 3.63) is 22.6 Å². The van der Waals surface area contributed by atoms with Crippen LogP contribution in [0, 0.1) is 0 Å². The zero-order chi connectivity index (χ0) is 13.2. The summed E-state index contributed by atoms with van der Waals surface area (Å²) >= 11 is 3.54. The molecule has 3 nitrogen and oxygen atoms in total. The number of hydrogen-bond donors (Lipinski definition) is 1. The van der Waals surface area contributed by atoms with Crippen LogP contribution in [0.4, 0.5) is 0 Å². The van der Waals surface area contributed by atoms with Gasteiger partial charge in [-0.1, -0.05) is 26.7 Å². The van der Waals surface area contributed by atoms with Gasteiger partial charge in [-0.25, -0.2) is 0 Å². The number of rotatable bonds is 5. The van der Waals surface area contributed by atoms with Gasteiger partial charge in [0.2, 0.25) is 0 Å². The van der Waals surface area contributed by atoms with E-state index in [2.05, 4.69) is 34.7 Å². The minimum Gasteiger partial charge on any atom is -0.466 e. The maximum absolute atomic E-state index is 6.57. The summed E-state index contributed by atoms with van der Waals surface area (Å²) in [7, 11) is 0. The highest BCUT2D eigenvalue weighted by Crippen LogP contribution is 2.44. The largest absolute Gasteiger partial charge is 0.466 e. The minimum absolute atomic E-state index is 0.0516. The third-order valence-corrected chi connectivity index (χ3v) is 5.02. The molecule has 18 heavy (non-hydrogen) atoms. The summed E-state index contributed by atoms with van der Waals surface area (Å²) in [4.78, 5) is 2.51. The summed E-state index contributed by atoms with van der Waals surface area (Å²) in [6, 6.07) is 1.88.